The zero-order valence-electron chi connectivity index (χ0n) is 7.43. The summed E-state index contributed by atoms with van der Waals surface area (Å²) in [6.45, 7) is 0. The number of nitrogens with zero attached hydrogens (tertiary/aromatic N) is 3. The molecule has 0 bridgehead atoms. The molecule has 0 unspecified atom stereocenters. The van der Waals surface area contributed by atoms with Crippen molar-refractivity contribution >= 4 is 5.97 Å². The molecule has 0 spiro atoms. The van der Waals surface area contributed by atoms with Crippen molar-refractivity contribution in [3.63, 3.8) is 0 Å². The fourth-order valence-electron chi connectivity index (χ4n) is 1.19. The van der Waals surface area contributed by atoms with Gasteiger partial charge >= 0.3 is 5.97 Å². The van der Waals surface area contributed by atoms with Gasteiger partial charge in [-0.15, -0.1) is 0 Å². The second-order valence-corrected chi connectivity index (χ2v) is 2.84. The van der Waals surface area contributed by atoms with Crippen LogP contribution in [0.4, 0.5) is 0 Å². The van der Waals surface area contributed by atoms with Gasteiger partial charge in [-0.2, -0.15) is 10.2 Å². The van der Waals surface area contributed by atoms with Crippen molar-refractivity contribution in [2.45, 2.75) is 0 Å². The molecule has 2 heterocycles. The van der Waals surface area contributed by atoms with Gasteiger partial charge in [-0.3, -0.25) is 9.78 Å². The summed E-state index contributed by atoms with van der Waals surface area (Å²) in [6, 6.07) is 1.72. The Morgan fingerprint density at radius 2 is 2.43 bits per heavy atom. The quantitative estimate of drug-likeness (QED) is 0.726. The van der Waals surface area contributed by atoms with Gasteiger partial charge < -0.3 is 5.11 Å². The lowest BCUT2D eigenvalue weighted by Gasteiger charge is -1.93. The van der Waals surface area contributed by atoms with Gasteiger partial charge in [-0.05, 0) is 6.07 Å². The highest BCUT2D eigenvalue weighted by Gasteiger charge is 2.15. The first-order valence-corrected chi connectivity index (χ1v) is 3.95. The lowest BCUT2D eigenvalue weighted by Crippen LogP contribution is -1.97. The minimum Gasteiger partial charge on any atom is -0.478 e. The summed E-state index contributed by atoms with van der Waals surface area (Å²) >= 11 is 0. The monoisotopic (exact) mass is 192 g/mol. The molecule has 0 atom stereocenters. The van der Waals surface area contributed by atoms with E-state index in [9.17, 15) is 4.79 Å². The molecule has 72 valence electrons. The van der Waals surface area contributed by atoms with Crippen molar-refractivity contribution in [2.75, 3.05) is 0 Å². The van der Waals surface area contributed by atoms with E-state index in [0.29, 0.717) is 11.4 Å². The number of nitrogens with one attached hydrogen (secondary N) is 1. The normalized spacial score (nSPS) is 10.4. The van der Waals surface area contributed by atoms with E-state index in [1.807, 2.05) is 0 Å². The molecule has 0 fully saturated rings. The van der Waals surface area contributed by atoms with Gasteiger partial charge in [0.1, 0.15) is 11.3 Å². The molecule has 0 amide bonds. The van der Waals surface area contributed by atoms with Gasteiger partial charge in [0.05, 0.1) is 11.9 Å². The Morgan fingerprint density at radius 1 is 1.64 bits per heavy atom. The lowest BCUT2D eigenvalue weighted by atomic mass is 10.2. The Hall–Kier alpha value is -2.11. The third kappa shape index (κ3) is 1.26. The van der Waals surface area contributed by atoms with Gasteiger partial charge in [-0.1, -0.05) is 0 Å². The number of aryl methyl sites for hydroxylation is 1. The van der Waals surface area contributed by atoms with Crippen LogP contribution < -0.4 is 0 Å². The maximum Gasteiger partial charge on any atom is 0.339 e. The minimum absolute atomic E-state index is 0.128. The minimum atomic E-state index is -1.01. The van der Waals surface area contributed by atoms with Crippen molar-refractivity contribution in [1.29, 1.82) is 0 Å². The highest BCUT2D eigenvalue weighted by Crippen LogP contribution is 2.18. The summed E-state index contributed by atoms with van der Waals surface area (Å²) in [5.41, 5.74) is 1.13. The number of hydrogen-bond donors (Lipinski definition) is 2. The molecule has 0 saturated heterocycles. The van der Waals surface area contributed by atoms with E-state index in [0.717, 1.165) is 0 Å². The second-order valence-electron chi connectivity index (χ2n) is 2.84. The van der Waals surface area contributed by atoms with E-state index in [4.69, 9.17) is 5.11 Å². The van der Waals surface area contributed by atoms with Crippen LogP contribution in [0.2, 0.25) is 0 Å². The summed E-state index contributed by atoms with van der Waals surface area (Å²) in [4.78, 5) is 10.8. The van der Waals surface area contributed by atoms with E-state index in [-0.39, 0.29) is 5.56 Å². The third-order valence-corrected chi connectivity index (χ3v) is 1.84. The van der Waals surface area contributed by atoms with Crippen molar-refractivity contribution in [3.8, 4) is 11.4 Å². The van der Waals surface area contributed by atoms with Crippen LogP contribution in [0.3, 0.4) is 0 Å². The smallest absolute Gasteiger partial charge is 0.339 e. The molecule has 6 heteroatoms. The zero-order valence-corrected chi connectivity index (χ0v) is 7.43. The van der Waals surface area contributed by atoms with Gasteiger partial charge in [0.2, 0.25) is 0 Å². The average Bonchev–Trinajstić information content (AvgIpc) is 2.70. The van der Waals surface area contributed by atoms with Gasteiger partial charge in [0.15, 0.2) is 0 Å². The van der Waals surface area contributed by atoms with Gasteiger partial charge in [0.25, 0.3) is 0 Å². The van der Waals surface area contributed by atoms with Crippen molar-refractivity contribution < 1.29 is 9.90 Å². The summed E-state index contributed by atoms with van der Waals surface area (Å²) in [7, 11) is 1.76. The Bertz CT molecular complexity index is 471. The predicted molar refractivity (Wildman–Crippen MR) is 47.7 cm³/mol. The van der Waals surface area contributed by atoms with Gasteiger partial charge in [-0.25, -0.2) is 4.79 Å². The van der Waals surface area contributed by atoms with Crippen molar-refractivity contribution in [2.24, 2.45) is 7.05 Å². The largest absolute Gasteiger partial charge is 0.478 e. The Kier molecular flexibility index (Phi) is 1.81. The number of aromatic amines is 1. The maximum absolute atomic E-state index is 10.8. The highest BCUT2D eigenvalue weighted by molar-refractivity contribution is 5.93. The fourth-order valence-corrected chi connectivity index (χ4v) is 1.19. The Balaban J connectivity index is 2.51. The first-order valence-electron chi connectivity index (χ1n) is 3.95. The second kappa shape index (κ2) is 2.99. The Morgan fingerprint density at radius 3 is 3.00 bits per heavy atom. The number of carbonyl (C=O) groups is 1. The molecule has 2 rings (SSSR count). The lowest BCUT2D eigenvalue weighted by molar-refractivity contribution is 0.0698. The summed E-state index contributed by atoms with van der Waals surface area (Å²) in [5.74, 6) is -1.01. The molecule has 0 saturated carbocycles. The van der Waals surface area contributed by atoms with Crippen LogP contribution in [0.15, 0.2) is 18.5 Å². The molecule has 0 aliphatic heterocycles. The molecule has 6 nitrogen and oxygen atoms in total. The van der Waals surface area contributed by atoms with E-state index in [1.54, 1.807) is 24.0 Å². The third-order valence-electron chi connectivity index (χ3n) is 1.84. The van der Waals surface area contributed by atoms with Gasteiger partial charge in [0, 0.05) is 13.2 Å². The molecule has 0 radical (unpaired) electrons. The summed E-state index contributed by atoms with van der Waals surface area (Å²) < 4.78 is 1.60. The van der Waals surface area contributed by atoms with Crippen LogP contribution in [0.5, 0.6) is 0 Å². The highest BCUT2D eigenvalue weighted by atomic mass is 16.4. The van der Waals surface area contributed by atoms with Crippen LogP contribution in [0.1, 0.15) is 10.4 Å². The molecular formula is C8H8N4O2. The van der Waals surface area contributed by atoms with E-state index in [1.165, 1.54) is 6.20 Å². The number of aromatic carboxylic acids is 1. The number of aromatic nitrogens is 4. The summed E-state index contributed by atoms with van der Waals surface area (Å²) in [6.07, 6.45) is 3.01. The van der Waals surface area contributed by atoms with Crippen LogP contribution in [0.25, 0.3) is 11.4 Å². The molecule has 0 aliphatic carbocycles. The van der Waals surface area contributed by atoms with E-state index in [2.05, 4.69) is 15.3 Å². The molecule has 2 N–H and O–H groups in total. The van der Waals surface area contributed by atoms with Crippen LogP contribution in [-0.2, 0) is 7.05 Å². The van der Waals surface area contributed by atoms with Crippen LogP contribution >= 0.6 is 0 Å². The number of rotatable bonds is 2. The van der Waals surface area contributed by atoms with Crippen molar-refractivity contribution in [3.05, 3.63) is 24.0 Å². The molecule has 2 aromatic rings. The SMILES string of the molecule is Cn1ccc(-c2[nH]ncc2C(=O)O)n1. The number of carboxylic acid groups (broad SMARTS) is 1. The number of H-pyrrole nitrogens is 1. The first-order chi connectivity index (χ1) is 6.68. The van der Waals surface area contributed by atoms with Crippen LogP contribution in [0, 0.1) is 0 Å². The molecule has 0 aliphatic rings. The zero-order chi connectivity index (χ0) is 10.1. The number of hydrogen-bond acceptors (Lipinski definition) is 3. The van der Waals surface area contributed by atoms with Crippen molar-refractivity contribution in [1.82, 2.24) is 20.0 Å². The van der Waals surface area contributed by atoms with Crippen LogP contribution in [-0.4, -0.2) is 31.1 Å². The molecule has 0 aromatic carbocycles. The summed E-state index contributed by atoms with van der Waals surface area (Å²) in [5, 5.41) is 19.2. The van der Waals surface area contributed by atoms with E-state index < -0.39 is 5.97 Å². The molecule has 14 heavy (non-hydrogen) atoms. The maximum atomic E-state index is 10.8. The topological polar surface area (TPSA) is 83.8 Å². The standard InChI is InChI=1S/C8H8N4O2/c1-12-3-2-6(11-12)7-5(8(13)14)4-9-10-7/h2-4H,1H3,(H,9,10)(H,13,14). The molecular weight excluding hydrogens is 184 g/mol. The number of carboxylic acids is 1. The first kappa shape index (κ1) is 8.49. The molecule has 2 aromatic heterocycles. The average molecular weight is 192 g/mol. The Labute approximate surface area is 79.2 Å². The predicted octanol–water partition coefficient (Wildman–Crippen LogP) is 0.508. The van der Waals surface area contributed by atoms with E-state index >= 15 is 0 Å². The fraction of sp³-hybridized carbons (Fsp3) is 0.125.